The number of carboxylic acid groups (broad SMARTS) is 1. The molecule has 0 aliphatic heterocycles. The first-order valence-corrected chi connectivity index (χ1v) is 3.88. The number of hydrogen-bond donors (Lipinski definition) is 1. The predicted molar refractivity (Wildman–Crippen MR) is 50.9 cm³/mol. The van der Waals surface area contributed by atoms with Crippen LogP contribution in [0.2, 0.25) is 0 Å². The van der Waals surface area contributed by atoms with Crippen molar-refractivity contribution in [1.29, 1.82) is 5.26 Å². The van der Waals surface area contributed by atoms with E-state index in [2.05, 4.69) is 12.2 Å². The maximum absolute atomic E-state index is 10.6. The van der Waals surface area contributed by atoms with Crippen LogP contribution in [0.4, 0.5) is 0 Å². The van der Waals surface area contributed by atoms with E-state index >= 15 is 0 Å². The van der Waals surface area contributed by atoms with Crippen LogP contribution >= 0.6 is 12.2 Å². The molecule has 1 N–H and O–H groups in total. The molecule has 0 spiro atoms. The molecule has 64 valence electrons. The molecule has 0 saturated carbocycles. The Hall–Kier alpha value is -1.73. The van der Waals surface area contributed by atoms with Crippen LogP contribution in [0, 0.1) is 11.3 Å². The number of aromatic carboxylic acids is 1. The average Bonchev–Trinajstić information content (AvgIpc) is 2.16. The van der Waals surface area contributed by atoms with Gasteiger partial charge in [-0.15, -0.1) is 0 Å². The van der Waals surface area contributed by atoms with Gasteiger partial charge in [-0.05, 0) is 23.8 Å². The molecule has 0 bridgehead atoms. The average molecular weight is 191 g/mol. The number of carbonyl (C=O) groups is 1. The molecule has 0 fully saturated rings. The second-order valence-electron chi connectivity index (χ2n) is 2.38. The fourth-order valence-electron chi connectivity index (χ4n) is 0.908. The lowest BCUT2D eigenvalue weighted by Crippen LogP contribution is -1.98. The van der Waals surface area contributed by atoms with E-state index in [0.29, 0.717) is 11.1 Å². The van der Waals surface area contributed by atoms with Crippen molar-refractivity contribution in [1.82, 2.24) is 0 Å². The second kappa shape index (κ2) is 3.78. The van der Waals surface area contributed by atoms with Crippen LogP contribution in [0.25, 0.3) is 0 Å². The van der Waals surface area contributed by atoms with Crippen molar-refractivity contribution in [3.63, 3.8) is 0 Å². The standard InChI is InChI=1S/C9H5NO2S/c10-4-6-1-7(5-13)3-8(2-6)9(11)12/h1-3,5H,(H,11,12). The number of benzene rings is 1. The summed E-state index contributed by atoms with van der Waals surface area (Å²) >= 11 is 4.64. The number of rotatable bonds is 2. The maximum Gasteiger partial charge on any atom is 0.335 e. The van der Waals surface area contributed by atoms with Gasteiger partial charge in [0.05, 0.1) is 17.2 Å². The normalized spacial score (nSPS) is 8.85. The summed E-state index contributed by atoms with van der Waals surface area (Å²) in [5, 5.41) is 18.6. The van der Waals surface area contributed by atoms with Crippen LogP contribution in [0.1, 0.15) is 21.5 Å². The molecule has 4 heteroatoms. The van der Waals surface area contributed by atoms with Crippen molar-refractivity contribution in [2.24, 2.45) is 0 Å². The van der Waals surface area contributed by atoms with Crippen molar-refractivity contribution in [2.45, 2.75) is 0 Å². The van der Waals surface area contributed by atoms with Crippen LogP contribution in [0.15, 0.2) is 18.2 Å². The fraction of sp³-hybridized carbons (Fsp3) is 0. The Morgan fingerprint density at radius 2 is 2.23 bits per heavy atom. The lowest BCUT2D eigenvalue weighted by Gasteiger charge is -1.97. The zero-order valence-electron chi connectivity index (χ0n) is 6.52. The Balaban J connectivity index is 3.32. The number of thiocarbonyl (C=S) groups is 1. The highest BCUT2D eigenvalue weighted by molar-refractivity contribution is 7.79. The third kappa shape index (κ3) is 2.10. The fourth-order valence-corrected chi connectivity index (χ4v) is 1.04. The molecule has 0 radical (unpaired) electrons. The molecular weight excluding hydrogens is 186 g/mol. The molecule has 0 heterocycles. The minimum Gasteiger partial charge on any atom is -0.478 e. The van der Waals surface area contributed by atoms with Crippen LogP contribution in [-0.2, 0) is 0 Å². The molecule has 0 amide bonds. The van der Waals surface area contributed by atoms with Gasteiger partial charge in [0.15, 0.2) is 0 Å². The summed E-state index contributed by atoms with van der Waals surface area (Å²) in [5.41, 5.74) is 0.942. The molecule has 1 aromatic carbocycles. The van der Waals surface area contributed by atoms with Gasteiger partial charge in [-0.25, -0.2) is 4.79 Å². The zero-order chi connectivity index (χ0) is 9.84. The summed E-state index contributed by atoms with van der Waals surface area (Å²) < 4.78 is 0. The van der Waals surface area contributed by atoms with Crippen LogP contribution in [-0.4, -0.2) is 16.4 Å². The molecule has 13 heavy (non-hydrogen) atoms. The Bertz CT molecular complexity index is 407. The summed E-state index contributed by atoms with van der Waals surface area (Å²) in [7, 11) is 0. The summed E-state index contributed by atoms with van der Waals surface area (Å²) in [6.07, 6.45) is 0. The van der Waals surface area contributed by atoms with E-state index in [-0.39, 0.29) is 5.56 Å². The highest BCUT2D eigenvalue weighted by atomic mass is 32.1. The van der Waals surface area contributed by atoms with Crippen molar-refractivity contribution >= 4 is 23.6 Å². The van der Waals surface area contributed by atoms with Crippen molar-refractivity contribution in [3.05, 3.63) is 34.9 Å². The Morgan fingerprint density at radius 3 is 2.69 bits per heavy atom. The number of hydrogen-bond acceptors (Lipinski definition) is 3. The third-order valence-electron chi connectivity index (χ3n) is 1.47. The lowest BCUT2D eigenvalue weighted by molar-refractivity contribution is 0.0697. The van der Waals surface area contributed by atoms with Gasteiger partial charge in [-0.3, -0.25) is 0 Å². The van der Waals surface area contributed by atoms with Crippen LogP contribution in [0.3, 0.4) is 0 Å². The first kappa shape index (κ1) is 9.36. The topological polar surface area (TPSA) is 61.1 Å². The summed E-state index contributed by atoms with van der Waals surface area (Å²) in [5.74, 6) is -1.06. The first-order chi connectivity index (χ1) is 6.17. The molecule has 3 nitrogen and oxygen atoms in total. The largest absolute Gasteiger partial charge is 0.478 e. The number of nitriles is 1. The van der Waals surface area contributed by atoms with E-state index in [1.54, 1.807) is 6.07 Å². The molecule has 0 aliphatic carbocycles. The Labute approximate surface area is 80.2 Å². The van der Waals surface area contributed by atoms with Gasteiger partial charge >= 0.3 is 5.97 Å². The van der Waals surface area contributed by atoms with E-state index in [0.717, 1.165) is 0 Å². The van der Waals surface area contributed by atoms with E-state index in [1.807, 2.05) is 6.07 Å². The SMILES string of the molecule is N#Cc1cc(C=S)cc(C(=O)O)c1. The monoisotopic (exact) mass is 191 g/mol. The molecule has 0 atom stereocenters. The third-order valence-corrected chi connectivity index (χ3v) is 1.74. The van der Waals surface area contributed by atoms with E-state index in [4.69, 9.17) is 10.4 Å². The van der Waals surface area contributed by atoms with Gasteiger partial charge < -0.3 is 5.11 Å². The van der Waals surface area contributed by atoms with Gasteiger partial charge in [-0.2, -0.15) is 5.26 Å². The van der Waals surface area contributed by atoms with Gasteiger partial charge in [-0.1, -0.05) is 12.2 Å². The van der Waals surface area contributed by atoms with Crippen molar-refractivity contribution in [3.8, 4) is 6.07 Å². The molecule has 0 unspecified atom stereocenters. The minimum absolute atomic E-state index is 0.0788. The smallest absolute Gasteiger partial charge is 0.335 e. The highest BCUT2D eigenvalue weighted by Crippen LogP contribution is 2.08. The van der Waals surface area contributed by atoms with E-state index in [9.17, 15) is 4.79 Å². The minimum atomic E-state index is -1.06. The molecular formula is C9H5NO2S. The first-order valence-electron chi connectivity index (χ1n) is 3.41. The van der Waals surface area contributed by atoms with Crippen molar-refractivity contribution < 1.29 is 9.90 Å². The van der Waals surface area contributed by atoms with Gasteiger partial charge in [0.1, 0.15) is 0 Å². The van der Waals surface area contributed by atoms with E-state index in [1.165, 1.54) is 17.5 Å². The Morgan fingerprint density at radius 1 is 1.54 bits per heavy atom. The quantitative estimate of drug-likeness (QED) is 0.721. The zero-order valence-corrected chi connectivity index (χ0v) is 7.34. The number of nitrogens with zero attached hydrogens (tertiary/aromatic N) is 1. The molecule has 0 aliphatic rings. The van der Waals surface area contributed by atoms with Crippen LogP contribution in [0.5, 0.6) is 0 Å². The predicted octanol–water partition coefficient (Wildman–Crippen LogP) is 1.60. The summed E-state index contributed by atoms with van der Waals surface area (Å²) in [6, 6.07) is 6.15. The molecule has 0 saturated heterocycles. The van der Waals surface area contributed by atoms with Crippen LogP contribution < -0.4 is 0 Å². The number of carboxylic acids is 1. The van der Waals surface area contributed by atoms with Crippen molar-refractivity contribution in [2.75, 3.05) is 0 Å². The second-order valence-corrected chi connectivity index (χ2v) is 2.61. The summed E-state index contributed by atoms with van der Waals surface area (Å²) in [4.78, 5) is 10.6. The lowest BCUT2D eigenvalue weighted by atomic mass is 10.1. The summed E-state index contributed by atoms with van der Waals surface area (Å²) in [6.45, 7) is 0. The van der Waals surface area contributed by atoms with Gasteiger partial charge in [0.2, 0.25) is 0 Å². The molecule has 1 aromatic rings. The molecule has 0 aromatic heterocycles. The highest BCUT2D eigenvalue weighted by Gasteiger charge is 2.05. The Kier molecular flexibility index (Phi) is 2.72. The van der Waals surface area contributed by atoms with Gasteiger partial charge in [0.25, 0.3) is 0 Å². The maximum atomic E-state index is 10.6. The van der Waals surface area contributed by atoms with E-state index < -0.39 is 5.97 Å². The van der Waals surface area contributed by atoms with Gasteiger partial charge in [0, 0.05) is 5.37 Å². The molecule has 1 rings (SSSR count).